The van der Waals surface area contributed by atoms with E-state index in [2.05, 4.69) is 135 Å². The van der Waals surface area contributed by atoms with E-state index < -0.39 is 15.8 Å². The standard InChI is InChI=1S/C33H38P2/c1-3-25-33(26-4-2,27-34(29-17-9-5-10-18-29)30-19-11-6-12-20-30)28-35(31-21-13-7-14-22-31)32-23-15-8-16-24-32/h5-24H,3-4,25-28H2,1-2H3. The first-order valence-electron chi connectivity index (χ1n) is 13.0. The molecule has 4 aromatic carbocycles. The molecule has 4 rings (SSSR count). The van der Waals surface area contributed by atoms with Gasteiger partial charge in [0.1, 0.15) is 0 Å². The predicted octanol–water partition coefficient (Wildman–Crippen LogP) is 7.84. The Morgan fingerprint density at radius 2 is 0.686 bits per heavy atom. The summed E-state index contributed by atoms with van der Waals surface area (Å²) in [5, 5.41) is 6.03. The van der Waals surface area contributed by atoms with Gasteiger partial charge in [-0.3, -0.25) is 0 Å². The summed E-state index contributed by atoms with van der Waals surface area (Å²) in [4.78, 5) is 0. The number of hydrogen-bond acceptors (Lipinski definition) is 0. The highest BCUT2D eigenvalue weighted by molar-refractivity contribution is 7.74. The van der Waals surface area contributed by atoms with Gasteiger partial charge in [-0.1, -0.05) is 148 Å². The van der Waals surface area contributed by atoms with Crippen molar-refractivity contribution in [1.29, 1.82) is 0 Å². The highest BCUT2D eigenvalue weighted by Gasteiger charge is 2.36. The van der Waals surface area contributed by atoms with Gasteiger partial charge in [0.25, 0.3) is 0 Å². The van der Waals surface area contributed by atoms with Gasteiger partial charge in [-0.05, 0) is 67.6 Å². The molecule has 0 aliphatic carbocycles. The van der Waals surface area contributed by atoms with Crippen molar-refractivity contribution < 1.29 is 0 Å². The molecule has 0 saturated carbocycles. The molecule has 0 amide bonds. The zero-order chi connectivity index (χ0) is 24.3. The molecule has 0 fully saturated rings. The monoisotopic (exact) mass is 496 g/mol. The maximum absolute atomic E-state index is 2.38. The minimum absolute atomic E-state index is 0.318. The van der Waals surface area contributed by atoms with Gasteiger partial charge in [0.05, 0.1) is 0 Å². The Balaban J connectivity index is 1.77. The van der Waals surface area contributed by atoms with E-state index in [1.165, 1.54) is 59.2 Å². The van der Waals surface area contributed by atoms with Crippen LogP contribution in [0.4, 0.5) is 0 Å². The summed E-state index contributed by atoms with van der Waals surface area (Å²) in [6.07, 6.45) is 7.57. The summed E-state index contributed by atoms with van der Waals surface area (Å²) in [5.74, 6) is 0. The second-order valence-corrected chi connectivity index (χ2v) is 13.9. The largest absolute Gasteiger partial charge is 0.0654 e. The van der Waals surface area contributed by atoms with Crippen molar-refractivity contribution in [3.63, 3.8) is 0 Å². The second-order valence-electron chi connectivity index (χ2n) is 9.51. The summed E-state index contributed by atoms with van der Waals surface area (Å²) >= 11 is 0. The van der Waals surface area contributed by atoms with E-state index in [1.807, 2.05) is 0 Å². The fourth-order valence-electron chi connectivity index (χ4n) is 5.32. The van der Waals surface area contributed by atoms with Crippen LogP contribution in [-0.4, -0.2) is 12.3 Å². The zero-order valence-electron chi connectivity index (χ0n) is 21.2. The smallest absolute Gasteiger partial charge is 0.0185 e. The molecule has 0 saturated heterocycles. The van der Waals surface area contributed by atoms with Gasteiger partial charge in [-0.15, -0.1) is 0 Å². The molecule has 0 N–H and O–H groups in total. The van der Waals surface area contributed by atoms with Crippen molar-refractivity contribution >= 4 is 37.1 Å². The number of benzene rings is 4. The lowest BCUT2D eigenvalue weighted by Crippen LogP contribution is -2.34. The second kappa shape index (κ2) is 13.2. The van der Waals surface area contributed by atoms with Crippen molar-refractivity contribution in [2.75, 3.05) is 12.3 Å². The lowest BCUT2D eigenvalue weighted by Gasteiger charge is -2.40. The molecular formula is C33H38P2. The first kappa shape index (κ1) is 25.8. The topological polar surface area (TPSA) is 0 Å². The Hall–Kier alpha value is -2.26. The minimum atomic E-state index is -0.420. The molecular weight excluding hydrogens is 458 g/mol. The van der Waals surface area contributed by atoms with Gasteiger partial charge in [0.2, 0.25) is 0 Å². The summed E-state index contributed by atoms with van der Waals surface area (Å²) in [6.45, 7) is 4.76. The maximum Gasteiger partial charge on any atom is -0.0185 e. The first-order valence-corrected chi connectivity index (χ1v) is 16.1. The summed E-state index contributed by atoms with van der Waals surface area (Å²) in [7, 11) is -0.840. The highest BCUT2D eigenvalue weighted by atomic mass is 31.1. The fourth-order valence-corrected chi connectivity index (χ4v) is 11.1. The van der Waals surface area contributed by atoms with Crippen LogP contribution in [0.5, 0.6) is 0 Å². The molecule has 0 unspecified atom stereocenters. The van der Waals surface area contributed by atoms with Crippen molar-refractivity contribution in [2.24, 2.45) is 5.41 Å². The Labute approximate surface area is 215 Å². The zero-order valence-corrected chi connectivity index (χ0v) is 23.0. The van der Waals surface area contributed by atoms with E-state index in [0.29, 0.717) is 5.41 Å². The Bertz CT molecular complexity index is 939. The van der Waals surface area contributed by atoms with Crippen molar-refractivity contribution in [3.05, 3.63) is 121 Å². The van der Waals surface area contributed by atoms with E-state index in [1.54, 1.807) is 0 Å². The van der Waals surface area contributed by atoms with Crippen LogP contribution in [0.1, 0.15) is 39.5 Å². The number of hydrogen-bond donors (Lipinski definition) is 0. The van der Waals surface area contributed by atoms with Crippen LogP contribution in [-0.2, 0) is 0 Å². The van der Waals surface area contributed by atoms with Crippen LogP contribution >= 0.6 is 15.8 Å². The molecule has 2 heteroatoms. The Morgan fingerprint density at radius 1 is 0.429 bits per heavy atom. The molecule has 180 valence electrons. The van der Waals surface area contributed by atoms with E-state index in [4.69, 9.17) is 0 Å². The Kier molecular flexibility index (Phi) is 9.71. The van der Waals surface area contributed by atoms with Crippen LogP contribution in [0.25, 0.3) is 0 Å². The molecule has 0 bridgehead atoms. The van der Waals surface area contributed by atoms with Gasteiger partial charge in [0.15, 0.2) is 0 Å². The van der Waals surface area contributed by atoms with Gasteiger partial charge >= 0.3 is 0 Å². The third kappa shape index (κ3) is 6.91. The first-order chi connectivity index (χ1) is 17.2. The average Bonchev–Trinajstić information content (AvgIpc) is 2.93. The summed E-state index contributed by atoms with van der Waals surface area (Å²) < 4.78 is 0. The predicted molar refractivity (Wildman–Crippen MR) is 160 cm³/mol. The maximum atomic E-state index is 2.38. The molecule has 35 heavy (non-hydrogen) atoms. The third-order valence-corrected chi connectivity index (χ3v) is 12.5. The van der Waals surface area contributed by atoms with Gasteiger partial charge in [-0.2, -0.15) is 0 Å². The van der Waals surface area contributed by atoms with Crippen LogP contribution in [0.2, 0.25) is 0 Å². The molecule has 0 radical (unpaired) electrons. The lowest BCUT2D eigenvalue weighted by atomic mass is 9.83. The normalized spacial score (nSPS) is 11.8. The third-order valence-electron chi connectivity index (χ3n) is 6.82. The van der Waals surface area contributed by atoms with Gasteiger partial charge < -0.3 is 0 Å². The van der Waals surface area contributed by atoms with Crippen LogP contribution in [0.15, 0.2) is 121 Å². The lowest BCUT2D eigenvalue weighted by molar-refractivity contribution is 0.314. The SMILES string of the molecule is CCCC(CCC)(CP(c1ccccc1)c1ccccc1)CP(c1ccccc1)c1ccccc1. The molecule has 0 heterocycles. The quantitative estimate of drug-likeness (QED) is 0.175. The van der Waals surface area contributed by atoms with Crippen LogP contribution in [0, 0.1) is 5.41 Å². The highest BCUT2D eigenvalue weighted by Crippen LogP contribution is 2.51. The van der Waals surface area contributed by atoms with E-state index in [9.17, 15) is 0 Å². The van der Waals surface area contributed by atoms with Crippen LogP contribution in [0.3, 0.4) is 0 Å². The van der Waals surface area contributed by atoms with Crippen molar-refractivity contribution in [1.82, 2.24) is 0 Å². The fraction of sp³-hybridized carbons (Fsp3) is 0.273. The van der Waals surface area contributed by atoms with Crippen molar-refractivity contribution in [2.45, 2.75) is 39.5 Å². The van der Waals surface area contributed by atoms with Crippen LogP contribution < -0.4 is 21.2 Å². The number of rotatable bonds is 12. The molecule has 0 aliphatic heterocycles. The van der Waals surface area contributed by atoms with E-state index in [0.717, 1.165) is 0 Å². The average molecular weight is 497 g/mol. The molecule has 0 spiro atoms. The van der Waals surface area contributed by atoms with Gasteiger partial charge in [0, 0.05) is 0 Å². The summed E-state index contributed by atoms with van der Waals surface area (Å²) in [6, 6.07) is 45.2. The van der Waals surface area contributed by atoms with Gasteiger partial charge in [-0.25, -0.2) is 0 Å². The molecule has 4 aromatic rings. The molecule has 0 nitrogen and oxygen atoms in total. The minimum Gasteiger partial charge on any atom is -0.0654 e. The van der Waals surface area contributed by atoms with E-state index >= 15 is 0 Å². The Morgan fingerprint density at radius 3 is 0.914 bits per heavy atom. The van der Waals surface area contributed by atoms with Crippen molar-refractivity contribution in [3.8, 4) is 0 Å². The summed E-state index contributed by atoms with van der Waals surface area (Å²) in [5.41, 5.74) is 0.318. The van der Waals surface area contributed by atoms with E-state index in [-0.39, 0.29) is 0 Å². The molecule has 0 aliphatic rings. The molecule has 0 atom stereocenters. The molecule has 0 aromatic heterocycles.